The zero-order chi connectivity index (χ0) is 25.2. The predicted molar refractivity (Wildman–Crippen MR) is 117 cm³/mol. The van der Waals surface area contributed by atoms with Crippen LogP contribution in [-0.2, 0) is 35.0 Å². The van der Waals surface area contributed by atoms with Crippen molar-refractivity contribution >= 4 is 17.9 Å². The topological polar surface area (TPSA) is 133 Å². The molecule has 0 unspecified atom stereocenters. The monoisotopic (exact) mass is 478 g/mol. The summed E-state index contributed by atoms with van der Waals surface area (Å²) in [5.74, 6) is -3.49. The van der Waals surface area contributed by atoms with Gasteiger partial charge in [-0.25, -0.2) is 0 Å². The summed E-state index contributed by atoms with van der Waals surface area (Å²) in [5.41, 5.74) is -3.23. The molecular weight excluding hydrogens is 444 g/mol. The Kier molecular flexibility index (Phi) is 5.88. The van der Waals surface area contributed by atoms with Gasteiger partial charge in [-0.3, -0.25) is 14.4 Å². The maximum Gasteiger partial charge on any atom is 0.313 e. The molecule has 1 heterocycles. The summed E-state index contributed by atoms with van der Waals surface area (Å²) < 4.78 is 22.4. The Balaban J connectivity index is 2.04. The van der Waals surface area contributed by atoms with Crippen LogP contribution in [0.5, 0.6) is 0 Å². The van der Waals surface area contributed by atoms with Gasteiger partial charge in [0, 0.05) is 37.2 Å². The average Bonchev–Trinajstić information content (AvgIpc) is 3.23. The van der Waals surface area contributed by atoms with E-state index in [2.05, 4.69) is 0 Å². The van der Waals surface area contributed by atoms with E-state index >= 15 is 0 Å². The summed E-state index contributed by atoms with van der Waals surface area (Å²) >= 11 is 0. The third kappa shape index (κ3) is 3.16. The van der Waals surface area contributed by atoms with Crippen molar-refractivity contribution in [2.45, 2.75) is 83.7 Å². The number of aliphatic hydroxyl groups excluding tert-OH is 1. The van der Waals surface area contributed by atoms with Gasteiger partial charge in [0.05, 0.1) is 25.4 Å². The first-order valence-electron chi connectivity index (χ1n) is 11.7. The molecule has 1 aromatic heterocycles. The Labute approximate surface area is 198 Å². The Morgan fingerprint density at radius 1 is 1.12 bits per heavy atom. The van der Waals surface area contributed by atoms with Crippen LogP contribution >= 0.6 is 0 Å². The fraction of sp³-hybridized carbons (Fsp3) is 0.720. The maximum absolute atomic E-state index is 13.2. The number of fused-ring (bicyclic) bond motifs is 4. The molecule has 2 N–H and O–H groups in total. The van der Waals surface area contributed by atoms with Gasteiger partial charge in [0.1, 0.15) is 17.5 Å². The largest absolute Gasteiger partial charge is 0.469 e. The number of aliphatic hydroxyl groups is 2. The molecule has 0 aliphatic heterocycles. The highest BCUT2D eigenvalue weighted by atomic mass is 16.6. The fourth-order valence-corrected chi connectivity index (χ4v) is 7.31. The maximum atomic E-state index is 13.2. The summed E-state index contributed by atoms with van der Waals surface area (Å²) in [5, 5.41) is 24.0. The molecule has 3 aliphatic carbocycles. The standard InChI is InChI=1S/C25H34O9/c1-12(26)33-20-19-15(11-16-14(8-10-32-16)18(19)22(29)31-6)24(5)17(28)7-9-23(3,4)25(24,30)21(20)34-13(2)27/h8,10,15,17-21,28,30H,7,9,11H2,1-6H3/t15-,17-,18+,19+,20+,21-,24+,25+/m0/s1. The van der Waals surface area contributed by atoms with E-state index in [4.69, 9.17) is 18.6 Å². The van der Waals surface area contributed by atoms with Crippen LogP contribution in [0.25, 0.3) is 0 Å². The van der Waals surface area contributed by atoms with Crippen molar-refractivity contribution in [3.8, 4) is 0 Å². The van der Waals surface area contributed by atoms with Crippen LogP contribution in [0.3, 0.4) is 0 Å². The Bertz CT molecular complexity index is 996. The molecule has 8 atom stereocenters. The second-order valence-corrected chi connectivity index (χ2v) is 10.8. The van der Waals surface area contributed by atoms with Gasteiger partial charge in [-0.2, -0.15) is 0 Å². The zero-order valence-corrected chi connectivity index (χ0v) is 20.5. The molecule has 9 nitrogen and oxygen atoms in total. The van der Waals surface area contributed by atoms with Crippen LogP contribution in [-0.4, -0.2) is 59.1 Å². The van der Waals surface area contributed by atoms with Gasteiger partial charge in [-0.15, -0.1) is 0 Å². The van der Waals surface area contributed by atoms with Crippen LogP contribution in [0, 0.1) is 22.7 Å². The number of hydrogen-bond acceptors (Lipinski definition) is 9. The van der Waals surface area contributed by atoms with E-state index in [0.717, 1.165) is 0 Å². The van der Waals surface area contributed by atoms with E-state index in [1.165, 1.54) is 27.2 Å². The van der Waals surface area contributed by atoms with Gasteiger partial charge < -0.3 is 28.8 Å². The lowest BCUT2D eigenvalue weighted by Gasteiger charge is -2.69. The molecule has 0 amide bonds. The molecule has 34 heavy (non-hydrogen) atoms. The SMILES string of the molecule is COC(=O)[C@@H]1c2ccoc2C[C@H]2[C@H]1[C@@H](OC(C)=O)[C@H](OC(C)=O)[C@@]1(O)C(C)(C)CC[C@H](O)[C@@]21C. The number of furan rings is 1. The van der Waals surface area contributed by atoms with E-state index in [0.29, 0.717) is 30.6 Å². The highest BCUT2D eigenvalue weighted by molar-refractivity contribution is 5.80. The summed E-state index contributed by atoms with van der Waals surface area (Å²) in [6.07, 6.45) is -0.784. The summed E-state index contributed by atoms with van der Waals surface area (Å²) in [6.45, 7) is 7.95. The van der Waals surface area contributed by atoms with Crippen molar-refractivity contribution in [3.63, 3.8) is 0 Å². The lowest BCUT2D eigenvalue weighted by atomic mass is 9.39. The van der Waals surface area contributed by atoms with E-state index in [9.17, 15) is 24.6 Å². The van der Waals surface area contributed by atoms with Crippen LogP contribution in [0.1, 0.15) is 64.7 Å². The third-order valence-corrected chi connectivity index (χ3v) is 8.87. The minimum atomic E-state index is -1.78. The zero-order valence-electron chi connectivity index (χ0n) is 20.5. The van der Waals surface area contributed by atoms with Crippen molar-refractivity contribution in [2.75, 3.05) is 7.11 Å². The summed E-state index contributed by atoms with van der Waals surface area (Å²) in [4.78, 5) is 37.8. The minimum Gasteiger partial charge on any atom is -0.469 e. The number of methoxy groups -OCH3 is 1. The second-order valence-electron chi connectivity index (χ2n) is 10.8. The lowest BCUT2D eigenvalue weighted by Crippen LogP contribution is -2.80. The normalized spacial score (nSPS) is 40.2. The average molecular weight is 479 g/mol. The lowest BCUT2D eigenvalue weighted by molar-refractivity contribution is -0.338. The molecule has 9 heteroatoms. The minimum absolute atomic E-state index is 0.303. The van der Waals surface area contributed by atoms with Gasteiger partial charge in [-0.1, -0.05) is 20.8 Å². The van der Waals surface area contributed by atoms with Gasteiger partial charge >= 0.3 is 17.9 Å². The molecule has 3 aliphatic rings. The molecule has 0 aromatic carbocycles. The van der Waals surface area contributed by atoms with Crippen LogP contribution in [0.2, 0.25) is 0 Å². The number of ether oxygens (including phenoxy) is 3. The number of esters is 3. The van der Waals surface area contributed by atoms with Crippen molar-refractivity contribution < 1.29 is 43.2 Å². The first kappa shape index (κ1) is 24.7. The Hall–Kier alpha value is -2.39. The van der Waals surface area contributed by atoms with Crippen LogP contribution in [0.4, 0.5) is 0 Å². The van der Waals surface area contributed by atoms with Crippen molar-refractivity contribution in [1.29, 1.82) is 0 Å². The number of carbonyl (C=O) groups is 3. The van der Waals surface area contributed by atoms with Crippen molar-refractivity contribution in [2.24, 2.45) is 22.7 Å². The highest BCUT2D eigenvalue weighted by Gasteiger charge is 2.77. The van der Waals surface area contributed by atoms with E-state index in [1.807, 2.05) is 13.8 Å². The van der Waals surface area contributed by atoms with Crippen LogP contribution in [0.15, 0.2) is 16.7 Å². The van der Waals surface area contributed by atoms with Gasteiger partial charge in [0.15, 0.2) is 6.10 Å². The smallest absolute Gasteiger partial charge is 0.313 e. The molecule has 2 saturated carbocycles. The van der Waals surface area contributed by atoms with E-state index in [1.54, 1.807) is 13.0 Å². The Morgan fingerprint density at radius 2 is 1.76 bits per heavy atom. The number of hydrogen-bond donors (Lipinski definition) is 2. The van der Waals surface area contributed by atoms with Crippen molar-refractivity contribution in [1.82, 2.24) is 0 Å². The van der Waals surface area contributed by atoms with Gasteiger partial charge in [-0.05, 0) is 30.2 Å². The van der Waals surface area contributed by atoms with Gasteiger partial charge in [0.25, 0.3) is 0 Å². The fourth-order valence-electron chi connectivity index (χ4n) is 7.31. The molecular formula is C25H34O9. The second kappa shape index (κ2) is 8.09. The first-order chi connectivity index (χ1) is 15.8. The number of rotatable bonds is 3. The molecule has 188 valence electrons. The first-order valence-corrected chi connectivity index (χ1v) is 11.7. The Morgan fingerprint density at radius 3 is 2.35 bits per heavy atom. The van der Waals surface area contributed by atoms with Crippen LogP contribution < -0.4 is 0 Å². The molecule has 2 fully saturated rings. The number of carbonyl (C=O) groups excluding carboxylic acids is 3. The summed E-state index contributed by atoms with van der Waals surface area (Å²) in [6, 6.07) is 1.68. The molecule has 1 aromatic rings. The molecule has 0 saturated heterocycles. The summed E-state index contributed by atoms with van der Waals surface area (Å²) in [7, 11) is 1.27. The third-order valence-electron chi connectivity index (χ3n) is 8.87. The van der Waals surface area contributed by atoms with Gasteiger partial charge in [0.2, 0.25) is 0 Å². The van der Waals surface area contributed by atoms with E-state index in [-0.39, 0.29) is 0 Å². The highest BCUT2D eigenvalue weighted by Crippen LogP contribution is 2.67. The molecule has 0 radical (unpaired) electrons. The predicted octanol–water partition coefficient (Wildman–Crippen LogP) is 2.12. The molecule has 0 bridgehead atoms. The van der Waals surface area contributed by atoms with E-state index < -0.39 is 70.4 Å². The van der Waals surface area contributed by atoms with Crippen molar-refractivity contribution in [3.05, 3.63) is 23.7 Å². The molecule has 4 rings (SSSR count). The quantitative estimate of drug-likeness (QED) is 0.495. The molecule has 0 spiro atoms.